The van der Waals surface area contributed by atoms with Gasteiger partial charge in [0.2, 0.25) is 10.0 Å². The minimum absolute atomic E-state index is 0.0503. The van der Waals surface area contributed by atoms with Gasteiger partial charge in [0, 0.05) is 24.8 Å². The van der Waals surface area contributed by atoms with Gasteiger partial charge in [0.15, 0.2) is 0 Å². The number of aromatic nitrogens is 1. The highest BCUT2D eigenvalue weighted by Gasteiger charge is 2.50. The number of nitrogens with zero attached hydrogens (tertiary/aromatic N) is 2. The second kappa shape index (κ2) is 5.13. The lowest BCUT2D eigenvalue weighted by atomic mass is 9.65. The topological polar surface area (TPSA) is 92.1 Å². The van der Waals surface area contributed by atoms with Crippen LogP contribution >= 0.6 is 0 Å². The van der Waals surface area contributed by atoms with E-state index in [9.17, 15) is 8.42 Å². The predicted molar refractivity (Wildman–Crippen MR) is 72.3 cm³/mol. The first kappa shape index (κ1) is 14.9. The van der Waals surface area contributed by atoms with E-state index in [-0.39, 0.29) is 28.2 Å². The summed E-state index contributed by atoms with van der Waals surface area (Å²) in [6.45, 7) is 3.93. The Kier molecular flexibility index (Phi) is 3.82. The van der Waals surface area contributed by atoms with Crippen LogP contribution < -0.4 is 4.72 Å². The number of pyridine rings is 1. The monoisotopic (exact) mass is 295 g/mol. The summed E-state index contributed by atoms with van der Waals surface area (Å²) >= 11 is 0. The quantitative estimate of drug-likeness (QED) is 0.896. The molecule has 7 heteroatoms. The van der Waals surface area contributed by atoms with Gasteiger partial charge in [0.25, 0.3) is 0 Å². The number of nitriles is 1. The maximum Gasteiger partial charge on any atom is 0.242 e. The molecule has 2 rings (SSSR count). The van der Waals surface area contributed by atoms with Crippen molar-refractivity contribution in [2.75, 3.05) is 7.11 Å². The molecule has 0 aliphatic heterocycles. The molecule has 1 aliphatic carbocycles. The zero-order chi connectivity index (χ0) is 15.0. The van der Waals surface area contributed by atoms with E-state index in [1.807, 2.05) is 19.9 Å². The minimum Gasteiger partial charge on any atom is -0.381 e. The van der Waals surface area contributed by atoms with E-state index in [0.29, 0.717) is 6.42 Å². The van der Waals surface area contributed by atoms with Crippen LogP contribution in [0.2, 0.25) is 0 Å². The molecule has 0 spiro atoms. The highest BCUT2D eigenvalue weighted by atomic mass is 32.2. The number of ether oxygens (including phenoxy) is 1. The molecular formula is C13H17N3O3S. The van der Waals surface area contributed by atoms with Crippen LogP contribution in [0.1, 0.15) is 26.0 Å². The minimum atomic E-state index is -3.63. The van der Waals surface area contributed by atoms with Crippen molar-refractivity contribution in [3.05, 3.63) is 24.0 Å². The number of hydrogen-bond donors (Lipinski definition) is 1. The Morgan fingerprint density at radius 2 is 2.20 bits per heavy atom. The van der Waals surface area contributed by atoms with Crippen LogP contribution in [0.5, 0.6) is 0 Å². The standard InChI is InChI=1S/C13H17N3O3S/c1-13(2)11(6-12(13)19-3)16-20(17,18)10-5-4-9(7-14)15-8-10/h4-5,8,11-12,16H,6H2,1-3H3. The van der Waals surface area contributed by atoms with Gasteiger partial charge < -0.3 is 4.74 Å². The van der Waals surface area contributed by atoms with Crippen molar-refractivity contribution < 1.29 is 13.2 Å². The molecule has 0 bridgehead atoms. The fourth-order valence-electron chi connectivity index (χ4n) is 2.35. The van der Waals surface area contributed by atoms with E-state index in [2.05, 4.69) is 9.71 Å². The second-order valence-electron chi connectivity index (χ2n) is 5.45. The Balaban J connectivity index is 2.14. The van der Waals surface area contributed by atoms with E-state index in [1.54, 1.807) is 7.11 Å². The van der Waals surface area contributed by atoms with E-state index in [1.165, 1.54) is 18.3 Å². The molecule has 1 aromatic heterocycles. The third kappa shape index (κ3) is 2.54. The number of methoxy groups -OCH3 is 1. The Hall–Kier alpha value is -1.49. The molecule has 0 radical (unpaired) electrons. The van der Waals surface area contributed by atoms with Crippen molar-refractivity contribution in [1.82, 2.24) is 9.71 Å². The molecule has 1 saturated carbocycles. The summed E-state index contributed by atoms with van der Waals surface area (Å²) in [6.07, 6.45) is 1.89. The largest absolute Gasteiger partial charge is 0.381 e. The van der Waals surface area contributed by atoms with Gasteiger partial charge in [-0.2, -0.15) is 5.26 Å². The van der Waals surface area contributed by atoms with Crippen molar-refractivity contribution in [3.63, 3.8) is 0 Å². The summed E-state index contributed by atoms with van der Waals surface area (Å²) in [4.78, 5) is 3.84. The van der Waals surface area contributed by atoms with Crippen molar-refractivity contribution in [3.8, 4) is 6.07 Å². The zero-order valence-electron chi connectivity index (χ0n) is 11.6. The van der Waals surface area contributed by atoms with Crippen molar-refractivity contribution in [1.29, 1.82) is 5.26 Å². The summed E-state index contributed by atoms with van der Waals surface area (Å²) in [6, 6.07) is 4.45. The molecule has 1 aromatic rings. The van der Waals surface area contributed by atoms with Gasteiger partial charge in [-0.3, -0.25) is 0 Å². The van der Waals surface area contributed by atoms with E-state index < -0.39 is 10.0 Å². The van der Waals surface area contributed by atoms with Gasteiger partial charge in [0.05, 0.1) is 6.10 Å². The Morgan fingerprint density at radius 1 is 1.50 bits per heavy atom. The first-order valence-corrected chi connectivity index (χ1v) is 7.71. The zero-order valence-corrected chi connectivity index (χ0v) is 12.4. The smallest absolute Gasteiger partial charge is 0.242 e. The van der Waals surface area contributed by atoms with E-state index in [4.69, 9.17) is 10.00 Å². The van der Waals surface area contributed by atoms with E-state index in [0.717, 1.165) is 0 Å². The lowest BCUT2D eigenvalue weighted by Gasteiger charge is -2.50. The lowest BCUT2D eigenvalue weighted by molar-refractivity contribution is -0.0908. The molecule has 6 nitrogen and oxygen atoms in total. The van der Waals surface area contributed by atoms with Gasteiger partial charge in [-0.25, -0.2) is 18.1 Å². The first-order valence-electron chi connectivity index (χ1n) is 6.22. The Bertz CT molecular complexity index is 632. The summed E-state index contributed by atoms with van der Waals surface area (Å²) < 4.78 is 32.5. The van der Waals surface area contributed by atoms with Gasteiger partial charge in [-0.15, -0.1) is 0 Å². The van der Waals surface area contributed by atoms with Crippen LogP contribution in [0.4, 0.5) is 0 Å². The van der Waals surface area contributed by atoms with E-state index >= 15 is 0 Å². The van der Waals surface area contributed by atoms with Crippen LogP contribution in [-0.4, -0.2) is 32.7 Å². The van der Waals surface area contributed by atoms with Crippen LogP contribution in [-0.2, 0) is 14.8 Å². The van der Waals surface area contributed by atoms with Crippen LogP contribution in [0.15, 0.2) is 23.2 Å². The van der Waals surface area contributed by atoms with Crippen LogP contribution in [0.25, 0.3) is 0 Å². The van der Waals surface area contributed by atoms with Gasteiger partial charge in [-0.05, 0) is 18.6 Å². The maximum absolute atomic E-state index is 12.2. The van der Waals surface area contributed by atoms with Gasteiger partial charge in [0.1, 0.15) is 16.7 Å². The third-order valence-corrected chi connectivity index (χ3v) is 5.38. The second-order valence-corrected chi connectivity index (χ2v) is 7.16. The molecule has 2 unspecified atom stereocenters. The molecular weight excluding hydrogens is 278 g/mol. The molecule has 0 saturated heterocycles. The number of hydrogen-bond acceptors (Lipinski definition) is 5. The average molecular weight is 295 g/mol. The fraction of sp³-hybridized carbons (Fsp3) is 0.538. The predicted octanol–water partition coefficient (Wildman–Crippen LogP) is 1.05. The molecule has 1 heterocycles. The number of sulfonamides is 1. The van der Waals surface area contributed by atoms with Crippen molar-refractivity contribution >= 4 is 10.0 Å². The van der Waals surface area contributed by atoms with Crippen molar-refractivity contribution in [2.24, 2.45) is 5.41 Å². The van der Waals surface area contributed by atoms with Crippen molar-refractivity contribution in [2.45, 2.75) is 37.3 Å². The molecule has 1 fully saturated rings. The molecule has 108 valence electrons. The Labute approximate surface area is 118 Å². The maximum atomic E-state index is 12.2. The summed E-state index contributed by atoms with van der Waals surface area (Å²) in [5.74, 6) is 0. The summed E-state index contributed by atoms with van der Waals surface area (Å²) in [5.41, 5.74) is -0.0608. The summed E-state index contributed by atoms with van der Waals surface area (Å²) in [5, 5.41) is 8.66. The Morgan fingerprint density at radius 3 is 2.65 bits per heavy atom. The van der Waals surface area contributed by atoms with Gasteiger partial charge in [-0.1, -0.05) is 13.8 Å². The van der Waals surface area contributed by atoms with Crippen LogP contribution in [0.3, 0.4) is 0 Å². The highest BCUT2D eigenvalue weighted by molar-refractivity contribution is 7.89. The molecule has 2 atom stereocenters. The highest BCUT2D eigenvalue weighted by Crippen LogP contribution is 2.42. The number of nitrogens with one attached hydrogen (secondary N) is 1. The third-order valence-electron chi connectivity index (χ3n) is 3.92. The SMILES string of the molecule is COC1CC(NS(=O)(=O)c2ccc(C#N)nc2)C1(C)C. The molecule has 20 heavy (non-hydrogen) atoms. The van der Waals surface area contributed by atoms with Crippen LogP contribution in [0, 0.1) is 16.7 Å². The molecule has 0 amide bonds. The normalized spacial score (nSPS) is 24.7. The molecule has 0 aromatic carbocycles. The molecule has 1 aliphatic rings. The lowest BCUT2D eigenvalue weighted by Crippen LogP contribution is -2.61. The van der Waals surface area contributed by atoms with Gasteiger partial charge >= 0.3 is 0 Å². The average Bonchev–Trinajstić information content (AvgIpc) is 2.43. The number of rotatable bonds is 4. The first-order chi connectivity index (χ1) is 9.31. The fourth-order valence-corrected chi connectivity index (χ4v) is 3.70. The molecule has 1 N–H and O–H groups in total. The summed E-state index contributed by atoms with van der Waals surface area (Å²) in [7, 11) is -2.00.